The van der Waals surface area contributed by atoms with E-state index in [4.69, 9.17) is 4.74 Å². The van der Waals surface area contributed by atoms with Gasteiger partial charge in [-0.1, -0.05) is 19.9 Å². The van der Waals surface area contributed by atoms with Gasteiger partial charge >= 0.3 is 5.97 Å². The zero-order chi connectivity index (χ0) is 12.9. The first kappa shape index (κ1) is 15.0. The van der Waals surface area contributed by atoms with Crippen molar-refractivity contribution in [1.82, 2.24) is 0 Å². The van der Waals surface area contributed by atoms with E-state index in [-0.39, 0.29) is 5.97 Å². The third-order valence-corrected chi connectivity index (χ3v) is 4.78. The van der Waals surface area contributed by atoms with E-state index in [0.29, 0.717) is 24.4 Å². The SMILES string of the molecule is CCOC(=O)CCC[C@H]1C(I)=CCCC1(C)C. The highest BCUT2D eigenvalue weighted by Gasteiger charge is 2.33. The maximum absolute atomic E-state index is 11.3. The molecule has 1 rings (SSSR count). The average molecular weight is 350 g/mol. The van der Waals surface area contributed by atoms with E-state index >= 15 is 0 Å². The van der Waals surface area contributed by atoms with E-state index in [9.17, 15) is 4.79 Å². The lowest BCUT2D eigenvalue weighted by Gasteiger charge is -2.37. The van der Waals surface area contributed by atoms with Crippen molar-refractivity contribution in [2.24, 2.45) is 11.3 Å². The van der Waals surface area contributed by atoms with Gasteiger partial charge in [-0.2, -0.15) is 0 Å². The summed E-state index contributed by atoms with van der Waals surface area (Å²) in [4.78, 5) is 11.3. The molecule has 0 fully saturated rings. The van der Waals surface area contributed by atoms with Crippen molar-refractivity contribution in [3.63, 3.8) is 0 Å². The molecule has 3 heteroatoms. The molecule has 1 aliphatic rings. The van der Waals surface area contributed by atoms with E-state index in [2.05, 4.69) is 42.5 Å². The Morgan fingerprint density at radius 1 is 1.59 bits per heavy atom. The summed E-state index contributed by atoms with van der Waals surface area (Å²) < 4.78 is 6.43. The highest BCUT2D eigenvalue weighted by molar-refractivity contribution is 14.1. The maximum atomic E-state index is 11.3. The third-order valence-electron chi connectivity index (χ3n) is 3.58. The zero-order valence-corrected chi connectivity index (χ0v) is 13.2. The zero-order valence-electron chi connectivity index (χ0n) is 11.1. The maximum Gasteiger partial charge on any atom is 0.305 e. The number of allylic oxidation sites excluding steroid dienone is 2. The van der Waals surface area contributed by atoms with E-state index in [1.807, 2.05) is 6.92 Å². The molecule has 0 heterocycles. The molecular weight excluding hydrogens is 327 g/mol. The molecule has 0 aromatic heterocycles. The first-order chi connectivity index (χ1) is 7.97. The van der Waals surface area contributed by atoms with Crippen LogP contribution in [0.4, 0.5) is 0 Å². The summed E-state index contributed by atoms with van der Waals surface area (Å²) in [6.45, 7) is 7.03. The summed E-state index contributed by atoms with van der Waals surface area (Å²) in [6.07, 6.45) is 7.39. The third kappa shape index (κ3) is 4.60. The lowest BCUT2D eigenvalue weighted by atomic mass is 9.70. The van der Waals surface area contributed by atoms with Gasteiger partial charge in [-0.3, -0.25) is 4.79 Å². The van der Waals surface area contributed by atoms with Gasteiger partial charge in [0.2, 0.25) is 0 Å². The minimum atomic E-state index is -0.0555. The van der Waals surface area contributed by atoms with E-state index in [1.165, 1.54) is 16.4 Å². The molecule has 0 spiro atoms. The smallest absolute Gasteiger partial charge is 0.305 e. The summed E-state index contributed by atoms with van der Waals surface area (Å²) >= 11 is 2.46. The fourth-order valence-electron chi connectivity index (χ4n) is 2.48. The molecule has 2 nitrogen and oxygen atoms in total. The summed E-state index contributed by atoms with van der Waals surface area (Å²) in [5.74, 6) is 0.561. The van der Waals surface area contributed by atoms with Crippen LogP contribution in [0.15, 0.2) is 9.66 Å². The lowest BCUT2D eigenvalue weighted by molar-refractivity contribution is -0.143. The number of esters is 1. The average Bonchev–Trinajstić information content (AvgIpc) is 2.22. The van der Waals surface area contributed by atoms with Crippen LogP contribution < -0.4 is 0 Å². The molecule has 0 aromatic carbocycles. The Morgan fingerprint density at radius 3 is 2.88 bits per heavy atom. The Labute approximate surface area is 118 Å². The number of hydrogen-bond donors (Lipinski definition) is 0. The first-order valence-corrected chi connectivity index (χ1v) is 7.56. The molecule has 0 N–H and O–H groups in total. The first-order valence-electron chi connectivity index (χ1n) is 6.48. The van der Waals surface area contributed by atoms with Crippen LogP contribution in [0.5, 0.6) is 0 Å². The normalized spacial score (nSPS) is 23.1. The predicted octanol–water partition coefficient (Wildman–Crippen LogP) is 4.47. The number of halogens is 1. The molecule has 0 saturated carbocycles. The van der Waals surface area contributed by atoms with Gasteiger partial charge in [0.15, 0.2) is 0 Å². The van der Waals surface area contributed by atoms with Crippen LogP contribution in [0, 0.1) is 11.3 Å². The van der Waals surface area contributed by atoms with E-state index in [1.54, 1.807) is 0 Å². The molecule has 0 unspecified atom stereocenters. The molecule has 17 heavy (non-hydrogen) atoms. The van der Waals surface area contributed by atoms with Crippen LogP contribution in [-0.4, -0.2) is 12.6 Å². The highest BCUT2D eigenvalue weighted by Crippen LogP contribution is 2.45. The van der Waals surface area contributed by atoms with Crippen LogP contribution in [0.25, 0.3) is 0 Å². The molecular formula is C14H23IO2. The van der Waals surface area contributed by atoms with Crippen molar-refractivity contribution in [3.8, 4) is 0 Å². The second kappa shape index (κ2) is 6.76. The minimum Gasteiger partial charge on any atom is -0.466 e. The van der Waals surface area contributed by atoms with E-state index < -0.39 is 0 Å². The number of rotatable bonds is 5. The fourth-order valence-corrected chi connectivity index (χ4v) is 3.95. The van der Waals surface area contributed by atoms with Crippen molar-refractivity contribution in [2.75, 3.05) is 6.61 Å². The van der Waals surface area contributed by atoms with E-state index in [0.717, 1.165) is 12.8 Å². The summed E-state index contributed by atoms with van der Waals surface area (Å²) in [5, 5.41) is 0. The van der Waals surface area contributed by atoms with Crippen LogP contribution in [0.1, 0.15) is 52.9 Å². The summed E-state index contributed by atoms with van der Waals surface area (Å²) in [5.41, 5.74) is 0.375. The van der Waals surface area contributed by atoms with Gasteiger partial charge in [0.05, 0.1) is 6.61 Å². The topological polar surface area (TPSA) is 26.3 Å². The Kier molecular flexibility index (Phi) is 5.97. The molecule has 0 saturated heterocycles. The number of carbonyl (C=O) groups is 1. The number of hydrogen-bond acceptors (Lipinski definition) is 2. The minimum absolute atomic E-state index is 0.0555. The van der Waals surface area contributed by atoms with Crippen molar-refractivity contribution in [2.45, 2.75) is 52.9 Å². The van der Waals surface area contributed by atoms with Crippen LogP contribution in [0.3, 0.4) is 0 Å². The quantitative estimate of drug-likeness (QED) is 0.540. The van der Waals surface area contributed by atoms with Gasteiger partial charge in [0.25, 0.3) is 0 Å². The Balaban J connectivity index is 2.41. The molecule has 98 valence electrons. The molecule has 1 atom stereocenters. The van der Waals surface area contributed by atoms with Crippen LogP contribution >= 0.6 is 22.6 Å². The van der Waals surface area contributed by atoms with Gasteiger partial charge in [-0.15, -0.1) is 0 Å². The fraction of sp³-hybridized carbons (Fsp3) is 0.786. The Morgan fingerprint density at radius 2 is 2.29 bits per heavy atom. The largest absolute Gasteiger partial charge is 0.466 e. The summed E-state index contributed by atoms with van der Waals surface area (Å²) in [6, 6.07) is 0. The molecule has 0 radical (unpaired) electrons. The second-order valence-electron chi connectivity index (χ2n) is 5.37. The standard InChI is InChI=1S/C14H23IO2/c1-4-17-13(16)9-5-7-11-12(15)8-6-10-14(11,2)3/h8,11H,4-7,9-10H2,1-3H3/t11-/m0/s1. The Bertz CT molecular complexity index is 295. The van der Waals surface area contributed by atoms with Crippen LogP contribution in [0.2, 0.25) is 0 Å². The van der Waals surface area contributed by atoms with Crippen molar-refractivity contribution in [1.29, 1.82) is 0 Å². The highest BCUT2D eigenvalue weighted by atomic mass is 127. The van der Waals surface area contributed by atoms with Crippen LogP contribution in [-0.2, 0) is 9.53 Å². The number of ether oxygens (including phenoxy) is 1. The summed E-state index contributed by atoms with van der Waals surface area (Å²) in [7, 11) is 0. The van der Waals surface area contributed by atoms with Gasteiger partial charge in [0, 0.05) is 6.42 Å². The van der Waals surface area contributed by atoms with Crippen molar-refractivity contribution in [3.05, 3.63) is 9.66 Å². The van der Waals surface area contributed by atoms with Crippen molar-refractivity contribution >= 4 is 28.6 Å². The molecule has 0 aliphatic heterocycles. The lowest BCUT2D eigenvalue weighted by Crippen LogP contribution is -2.27. The van der Waals surface area contributed by atoms with Gasteiger partial charge in [-0.25, -0.2) is 0 Å². The molecule has 0 bridgehead atoms. The van der Waals surface area contributed by atoms with Crippen molar-refractivity contribution < 1.29 is 9.53 Å². The molecule has 0 aromatic rings. The molecule has 0 amide bonds. The van der Waals surface area contributed by atoms with Gasteiger partial charge < -0.3 is 4.74 Å². The monoisotopic (exact) mass is 350 g/mol. The van der Waals surface area contributed by atoms with Gasteiger partial charge in [0.1, 0.15) is 0 Å². The molecule has 1 aliphatic carbocycles. The second-order valence-corrected chi connectivity index (χ2v) is 6.61. The van der Waals surface area contributed by atoms with Gasteiger partial charge in [-0.05, 0) is 70.1 Å². The predicted molar refractivity (Wildman–Crippen MR) is 79.1 cm³/mol. The Hall–Kier alpha value is -0.0600. The number of carbonyl (C=O) groups excluding carboxylic acids is 1.